The summed E-state index contributed by atoms with van der Waals surface area (Å²) in [6.07, 6.45) is -8.66. The van der Waals surface area contributed by atoms with Crippen molar-refractivity contribution in [3.05, 3.63) is 0 Å². The molecule has 3 heterocycles. The van der Waals surface area contributed by atoms with Crippen LogP contribution in [0.25, 0.3) is 0 Å². The molecule has 298 valence electrons. The van der Waals surface area contributed by atoms with E-state index < -0.39 is 102 Å². The normalized spacial score (nSPS) is 49.7. The molecule has 0 spiro atoms. The van der Waals surface area contributed by atoms with Crippen molar-refractivity contribution in [3.63, 3.8) is 0 Å². The molecule has 3 fully saturated rings. The van der Waals surface area contributed by atoms with E-state index in [0.717, 1.165) is 0 Å². The molecule has 0 aromatic carbocycles. The highest BCUT2D eigenvalue weighted by Crippen LogP contribution is 2.40. The number of methoxy groups -OCH3 is 1. The van der Waals surface area contributed by atoms with E-state index in [2.05, 4.69) is 0 Å². The molecule has 0 aromatic rings. The van der Waals surface area contributed by atoms with Gasteiger partial charge in [-0.3, -0.25) is 4.79 Å². The molecule has 0 aromatic heterocycles. The fourth-order valence-electron chi connectivity index (χ4n) is 8.35. The third kappa shape index (κ3) is 9.33. The van der Waals surface area contributed by atoms with E-state index in [0.29, 0.717) is 6.42 Å². The van der Waals surface area contributed by atoms with Gasteiger partial charge >= 0.3 is 5.97 Å². The molecule has 3 aliphatic heterocycles. The molecule has 3 rings (SSSR count). The molecule has 6 N–H and O–H groups in total. The van der Waals surface area contributed by atoms with Crippen molar-refractivity contribution in [2.75, 3.05) is 27.8 Å². The number of hydrogen-bond donors (Lipinski definition) is 6. The van der Waals surface area contributed by atoms with Gasteiger partial charge in [0.15, 0.2) is 12.6 Å². The molecule has 51 heavy (non-hydrogen) atoms. The predicted octanol–water partition coefficient (Wildman–Crippen LogP) is 2.09. The van der Waals surface area contributed by atoms with E-state index in [1.807, 2.05) is 25.9 Å². The lowest BCUT2D eigenvalue weighted by Crippen LogP contribution is -2.61. The number of nitrogens with one attached hydrogen (secondary N) is 1. The topological polar surface area (TPSA) is 201 Å². The molecule has 0 saturated carbocycles. The molecule has 0 aliphatic carbocycles. The highest BCUT2D eigenvalue weighted by molar-refractivity contribution is 5.86. The molecular weight excluding hydrogens is 664 g/mol. The van der Waals surface area contributed by atoms with Gasteiger partial charge < -0.3 is 64.3 Å². The standard InChI is InChI=1S/C37H68N2O12/c1-14-25-37(10,45)30(42)20(4)26(38)18(2)16-35(8,44)31(51-34-27(40)24(39(11)12)15-19(3)48-34)21(5)28(22(6)32(43)49-25)50-33-23(7)29(41)36(9,46-13)17-47-33/h18-25,27-31,33-34,38,40-42,44-45H,14-17H2,1-13H3/t18-,19+,20?,21?,22+,23-,24-,25?,27+,28?,29-,30?,31?,33?,34?,35+,36+,37?/m1/s1. The van der Waals surface area contributed by atoms with Gasteiger partial charge in [-0.15, -0.1) is 0 Å². The van der Waals surface area contributed by atoms with Crippen molar-refractivity contribution in [2.45, 2.75) is 167 Å². The fourth-order valence-corrected chi connectivity index (χ4v) is 8.35. The third-order valence-corrected chi connectivity index (χ3v) is 12.0. The second-order valence-electron chi connectivity index (χ2n) is 16.6. The van der Waals surface area contributed by atoms with E-state index in [9.17, 15) is 30.3 Å². The Labute approximate surface area is 304 Å². The van der Waals surface area contributed by atoms with Crippen molar-refractivity contribution >= 4 is 11.7 Å². The van der Waals surface area contributed by atoms with Crippen LogP contribution in [0.4, 0.5) is 0 Å². The largest absolute Gasteiger partial charge is 0.459 e. The van der Waals surface area contributed by atoms with Gasteiger partial charge in [-0.25, -0.2) is 0 Å². The SMILES string of the molecule is CCC1OC(=O)[C@@H](C)C(OC2OC[C@](C)(OC)[C@H](O)[C@H]2C)C(C)C(OC2O[C@@H](C)C[C@@H](N(C)C)[C@@H]2O)[C@@](C)(O)C[C@@H](C)C(=N)C(C)C(O)C1(C)O. The molecule has 0 radical (unpaired) electrons. The summed E-state index contributed by atoms with van der Waals surface area (Å²) in [5.41, 5.74) is -4.55. The number of cyclic esters (lactones) is 1. The summed E-state index contributed by atoms with van der Waals surface area (Å²) in [4.78, 5) is 16.0. The Kier molecular flexibility index (Phi) is 14.7. The monoisotopic (exact) mass is 732 g/mol. The molecule has 9 unspecified atom stereocenters. The Morgan fingerprint density at radius 2 is 1.53 bits per heavy atom. The van der Waals surface area contributed by atoms with Gasteiger partial charge in [-0.2, -0.15) is 0 Å². The molecule has 0 bridgehead atoms. The third-order valence-electron chi connectivity index (χ3n) is 12.0. The molecule has 14 heteroatoms. The summed E-state index contributed by atoms with van der Waals surface area (Å²) in [5.74, 6) is -4.67. The van der Waals surface area contributed by atoms with Crippen molar-refractivity contribution in [1.82, 2.24) is 4.90 Å². The second-order valence-corrected chi connectivity index (χ2v) is 16.6. The molecule has 3 saturated heterocycles. The zero-order chi connectivity index (χ0) is 39.0. The van der Waals surface area contributed by atoms with Gasteiger partial charge in [0.1, 0.15) is 23.4 Å². The Hall–Kier alpha value is -1.30. The maximum Gasteiger partial charge on any atom is 0.311 e. The number of carbonyl (C=O) groups excluding carboxylic acids is 1. The van der Waals surface area contributed by atoms with Crippen LogP contribution in [0, 0.1) is 35.0 Å². The number of ether oxygens (including phenoxy) is 6. The van der Waals surface area contributed by atoms with Crippen LogP contribution in [0.2, 0.25) is 0 Å². The summed E-state index contributed by atoms with van der Waals surface area (Å²) in [6.45, 7) is 16.8. The first-order valence-corrected chi connectivity index (χ1v) is 18.5. The van der Waals surface area contributed by atoms with E-state index in [1.54, 1.807) is 55.4 Å². The van der Waals surface area contributed by atoms with E-state index in [4.69, 9.17) is 33.8 Å². The van der Waals surface area contributed by atoms with E-state index in [1.165, 1.54) is 14.0 Å². The van der Waals surface area contributed by atoms with Crippen molar-refractivity contribution < 1.29 is 58.7 Å². The number of aliphatic hydroxyl groups is 5. The van der Waals surface area contributed by atoms with Crippen molar-refractivity contribution in [3.8, 4) is 0 Å². The van der Waals surface area contributed by atoms with Gasteiger partial charge in [-0.05, 0) is 73.9 Å². The Bertz CT molecular complexity index is 1170. The molecule has 0 amide bonds. The number of esters is 1. The van der Waals surface area contributed by atoms with Crippen LogP contribution < -0.4 is 0 Å². The number of hydrogen-bond acceptors (Lipinski definition) is 14. The van der Waals surface area contributed by atoms with Crippen LogP contribution in [0.5, 0.6) is 0 Å². The minimum absolute atomic E-state index is 0.000358. The summed E-state index contributed by atoms with van der Waals surface area (Å²) in [7, 11) is 5.21. The predicted molar refractivity (Wildman–Crippen MR) is 189 cm³/mol. The summed E-state index contributed by atoms with van der Waals surface area (Å²) in [6, 6.07) is -0.306. The fraction of sp³-hybridized carbons (Fsp3) is 0.946. The van der Waals surface area contributed by atoms with Crippen LogP contribution in [0.1, 0.15) is 88.5 Å². The Balaban J connectivity index is 2.18. The second kappa shape index (κ2) is 17.0. The van der Waals surface area contributed by atoms with Crippen molar-refractivity contribution in [2.24, 2.45) is 29.6 Å². The van der Waals surface area contributed by atoms with Crippen LogP contribution in [0.3, 0.4) is 0 Å². The number of carbonyl (C=O) groups is 1. The first-order valence-electron chi connectivity index (χ1n) is 18.5. The first-order chi connectivity index (χ1) is 23.4. The maximum absolute atomic E-state index is 14.1. The zero-order valence-corrected chi connectivity index (χ0v) is 33.0. The Morgan fingerprint density at radius 1 is 0.922 bits per heavy atom. The number of likely N-dealkylation sites (N-methyl/N-ethyl adjacent to an activating group) is 1. The lowest BCUT2D eigenvalue weighted by Gasteiger charge is -2.49. The van der Waals surface area contributed by atoms with E-state index in [-0.39, 0.29) is 37.3 Å². The molecule has 3 aliphatic rings. The maximum atomic E-state index is 14.1. The summed E-state index contributed by atoms with van der Waals surface area (Å²) >= 11 is 0. The minimum atomic E-state index is -1.92. The lowest BCUT2D eigenvalue weighted by atomic mass is 9.73. The molecule has 14 nitrogen and oxygen atoms in total. The minimum Gasteiger partial charge on any atom is -0.459 e. The first kappa shape index (κ1) is 44.1. The molecule has 18 atom stereocenters. The average molecular weight is 733 g/mol. The van der Waals surface area contributed by atoms with Gasteiger partial charge in [0.2, 0.25) is 0 Å². The highest BCUT2D eigenvalue weighted by atomic mass is 16.7. The van der Waals surface area contributed by atoms with Gasteiger partial charge in [-0.1, -0.05) is 34.6 Å². The lowest BCUT2D eigenvalue weighted by molar-refractivity contribution is -0.319. The Morgan fingerprint density at radius 3 is 2.08 bits per heavy atom. The highest BCUT2D eigenvalue weighted by Gasteiger charge is 2.53. The van der Waals surface area contributed by atoms with Gasteiger partial charge in [0, 0.05) is 36.6 Å². The van der Waals surface area contributed by atoms with Crippen LogP contribution in [-0.4, -0.2) is 148 Å². The smallest absolute Gasteiger partial charge is 0.311 e. The number of nitrogens with zero attached hydrogens (tertiary/aromatic N) is 1. The van der Waals surface area contributed by atoms with Crippen LogP contribution >= 0.6 is 0 Å². The van der Waals surface area contributed by atoms with Gasteiger partial charge in [0.05, 0.1) is 48.6 Å². The van der Waals surface area contributed by atoms with Crippen LogP contribution in [-0.2, 0) is 33.2 Å². The van der Waals surface area contributed by atoms with Crippen molar-refractivity contribution in [1.29, 1.82) is 5.41 Å². The van der Waals surface area contributed by atoms with Crippen LogP contribution in [0.15, 0.2) is 0 Å². The number of aliphatic hydroxyl groups excluding tert-OH is 3. The number of rotatable bonds is 7. The van der Waals surface area contributed by atoms with E-state index >= 15 is 0 Å². The molecular formula is C37H68N2O12. The zero-order valence-electron chi connectivity index (χ0n) is 33.0. The average Bonchev–Trinajstić information content (AvgIpc) is 3.06. The van der Waals surface area contributed by atoms with Gasteiger partial charge in [0.25, 0.3) is 0 Å². The summed E-state index contributed by atoms with van der Waals surface area (Å²) in [5, 5.41) is 67.2. The quantitative estimate of drug-likeness (QED) is 0.208. The summed E-state index contributed by atoms with van der Waals surface area (Å²) < 4.78 is 37.1.